The van der Waals surface area contributed by atoms with Gasteiger partial charge in [0, 0.05) is 16.4 Å². The van der Waals surface area contributed by atoms with E-state index >= 15 is 0 Å². The molecule has 1 saturated carbocycles. The van der Waals surface area contributed by atoms with Crippen LogP contribution >= 0.6 is 15.9 Å². The maximum atomic E-state index is 3.65. The van der Waals surface area contributed by atoms with Gasteiger partial charge in [-0.3, -0.25) is 0 Å². The fraction of sp³-hybridized carbons (Fsp3) is 0.625. The third-order valence-electron chi connectivity index (χ3n) is 4.14. The molecular weight excluding hydrogens is 286 g/mol. The van der Waals surface area contributed by atoms with Crippen LogP contribution in [0.25, 0.3) is 0 Å². The Hall–Kier alpha value is -0.340. The molecule has 0 spiro atoms. The van der Waals surface area contributed by atoms with Crippen molar-refractivity contribution in [1.82, 2.24) is 5.32 Å². The first-order chi connectivity index (χ1) is 8.77. The van der Waals surface area contributed by atoms with Gasteiger partial charge in [-0.2, -0.15) is 0 Å². The van der Waals surface area contributed by atoms with Crippen LogP contribution in [-0.2, 0) is 5.41 Å². The number of benzene rings is 1. The van der Waals surface area contributed by atoms with Gasteiger partial charge in [-0.25, -0.2) is 0 Å². The zero-order chi connectivity index (χ0) is 12.8. The quantitative estimate of drug-likeness (QED) is 0.781. The van der Waals surface area contributed by atoms with Gasteiger partial charge < -0.3 is 5.32 Å². The largest absolute Gasteiger partial charge is 0.316 e. The molecule has 1 nitrogen and oxygen atoms in total. The maximum absolute atomic E-state index is 3.65. The second-order valence-electron chi connectivity index (χ2n) is 5.53. The highest BCUT2D eigenvalue weighted by Gasteiger charge is 2.33. The van der Waals surface area contributed by atoms with Crippen LogP contribution in [0.2, 0.25) is 0 Å². The van der Waals surface area contributed by atoms with Gasteiger partial charge in [-0.1, -0.05) is 54.2 Å². The normalized spacial score (nSPS) is 18.8. The Kier molecular flexibility index (Phi) is 5.25. The Labute approximate surface area is 119 Å². The lowest BCUT2D eigenvalue weighted by Gasteiger charge is -2.38. The monoisotopic (exact) mass is 309 g/mol. The summed E-state index contributed by atoms with van der Waals surface area (Å²) in [6, 6.07) is 8.93. The molecule has 1 aliphatic carbocycles. The summed E-state index contributed by atoms with van der Waals surface area (Å²) in [5, 5.41) is 3.65. The Bertz CT molecular complexity index is 369. The first-order valence-electron chi connectivity index (χ1n) is 7.24. The third-order valence-corrected chi connectivity index (χ3v) is 4.63. The van der Waals surface area contributed by atoms with Crippen molar-refractivity contribution in [2.24, 2.45) is 0 Å². The van der Waals surface area contributed by atoms with Crippen LogP contribution in [0.4, 0.5) is 0 Å². The van der Waals surface area contributed by atoms with Crippen LogP contribution in [0.15, 0.2) is 28.7 Å². The van der Waals surface area contributed by atoms with Gasteiger partial charge in [-0.05, 0) is 43.5 Å². The highest BCUT2D eigenvalue weighted by molar-refractivity contribution is 9.10. The Morgan fingerprint density at radius 2 is 2.00 bits per heavy atom. The fourth-order valence-corrected chi connectivity index (χ4v) is 3.52. The van der Waals surface area contributed by atoms with Crippen LogP contribution in [0.5, 0.6) is 0 Å². The molecule has 0 aliphatic heterocycles. The lowest BCUT2D eigenvalue weighted by Crippen LogP contribution is -2.40. The average molecular weight is 310 g/mol. The smallest absolute Gasteiger partial charge is 0.0178 e. The number of rotatable bonds is 5. The topological polar surface area (TPSA) is 12.0 Å². The average Bonchev–Trinajstić information content (AvgIpc) is 2.40. The van der Waals surface area contributed by atoms with E-state index in [1.807, 2.05) is 0 Å². The third kappa shape index (κ3) is 3.36. The van der Waals surface area contributed by atoms with E-state index in [2.05, 4.69) is 52.4 Å². The summed E-state index contributed by atoms with van der Waals surface area (Å²) in [5.41, 5.74) is 1.89. The maximum Gasteiger partial charge on any atom is 0.0178 e. The van der Waals surface area contributed by atoms with Crippen LogP contribution in [0.3, 0.4) is 0 Å². The van der Waals surface area contributed by atoms with Crippen molar-refractivity contribution in [2.45, 2.75) is 50.9 Å². The molecule has 1 fully saturated rings. The first kappa shape index (κ1) is 14.1. The molecule has 2 heteroatoms. The van der Waals surface area contributed by atoms with E-state index in [0.29, 0.717) is 5.41 Å². The molecule has 0 saturated heterocycles. The number of hydrogen-bond acceptors (Lipinski definition) is 1. The summed E-state index contributed by atoms with van der Waals surface area (Å²) in [6.45, 7) is 4.51. The molecule has 18 heavy (non-hydrogen) atoms. The second-order valence-corrected chi connectivity index (χ2v) is 6.44. The first-order valence-corrected chi connectivity index (χ1v) is 8.03. The van der Waals surface area contributed by atoms with Gasteiger partial charge in [-0.15, -0.1) is 0 Å². The van der Waals surface area contributed by atoms with E-state index in [-0.39, 0.29) is 0 Å². The van der Waals surface area contributed by atoms with Crippen LogP contribution in [0.1, 0.15) is 51.0 Å². The molecule has 2 rings (SSSR count). The molecule has 0 atom stereocenters. The van der Waals surface area contributed by atoms with Crippen LogP contribution in [-0.4, -0.2) is 13.1 Å². The molecule has 1 aromatic carbocycles. The minimum absolute atomic E-state index is 0.372. The zero-order valence-corrected chi connectivity index (χ0v) is 12.9. The van der Waals surface area contributed by atoms with Gasteiger partial charge in [0.2, 0.25) is 0 Å². The highest BCUT2D eigenvalue weighted by atomic mass is 79.9. The Morgan fingerprint density at radius 1 is 1.22 bits per heavy atom. The molecule has 0 aromatic heterocycles. The van der Waals surface area contributed by atoms with E-state index < -0.39 is 0 Å². The molecule has 1 aliphatic rings. The molecule has 0 unspecified atom stereocenters. The summed E-state index contributed by atoms with van der Waals surface area (Å²) in [7, 11) is 0. The minimum Gasteiger partial charge on any atom is -0.316 e. The predicted molar refractivity (Wildman–Crippen MR) is 82.1 cm³/mol. The van der Waals surface area contributed by atoms with Crippen molar-refractivity contribution in [3.05, 3.63) is 34.3 Å². The summed E-state index contributed by atoms with van der Waals surface area (Å²) in [4.78, 5) is 0. The predicted octanol–water partition coefficient (Wildman–Crippen LogP) is 4.65. The SMILES string of the molecule is CCCNCC1(c2cccc(Br)c2)CCCCC1. The number of hydrogen-bond donors (Lipinski definition) is 1. The van der Waals surface area contributed by atoms with Crippen molar-refractivity contribution in [1.29, 1.82) is 0 Å². The van der Waals surface area contributed by atoms with Crippen molar-refractivity contribution in [3.8, 4) is 0 Å². The molecule has 0 amide bonds. The molecule has 1 aromatic rings. The van der Waals surface area contributed by atoms with Crippen molar-refractivity contribution < 1.29 is 0 Å². The van der Waals surface area contributed by atoms with E-state index in [0.717, 1.165) is 13.1 Å². The summed E-state index contributed by atoms with van der Waals surface area (Å²) in [6.07, 6.45) is 8.04. The number of halogens is 1. The lowest BCUT2D eigenvalue weighted by atomic mass is 9.69. The van der Waals surface area contributed by atoms with Gasteiger partial charge >= 0.3 is 0 Å². The summed E-state index contributed by atoms with van der Waals surface area (Å²) >= 11 is 3.61. The summed E-state index contributed by atoms with van der Waals surface area (Å²) < 4.78 is 1.21. The minimum atomic E-state index is 0.372. The Balaban J connectivity index is 2.17. The second kappa shape index (κ2) is 6.72. The standard InChI is InChI=1S/C16H24BrN/c1-2-11-18-13-16(9-4-3-5-10-16)14-7-6-8-15(17)12-14/h6-8,12,18H,2-5,9-11,13H2,1H3. The van der Waals surface area contributed by atoms with Crippen molar-refractivity contribution in [3.63, 3.8) is 0 Å². The van der Waals surface area contributed by atoms with Crippen LogP contribution < -0.4 is 5.32 Å². The van der Waals surface area contributed by atoms with E-state index in [9.17, 15) is 0 Å². The van der Waals surface area contributed by atoms with Crippen molar-refractivity contribution >= 4 is 15.9 Å². The van der Waals surface area contributed by atoms with Gasteiger partial charge in [0.05, 0.1) is 0 Å². The van der Waals surface area contributed by atoms with Crippen molar-refractivity contribution in [2.75, 3.05) is 13.1 Å². The zero-order valence-electron chi connectivity index (χ0n) is 11.3. The summed E-state index contributed by atoms with van der Waals surface area (Å²) in [5.74, 6) is 0. The van der Waals surface area contributed by atoms with Gasteiger partial charge in [0.15, 0.2) is 0 Å². The van der Waals surface area contributed by atoms with E-state index in [1.165, 1.54) is 48.6 Å². The van der Waals surface area contributed by atoms with Crippen LogP contribution in [0, 0.1) is 0 Å². The fourth-order valence-electron chi connectivity index (χ4n) is 3.12. The molecular formula is C16H24BrN. The van der Waals surface area contributed by atoms with E-state index in [1.54, 1.807) is 0 Å². The molecule has 0 heterocycles. The van der Waals surface area contributed by atoms with E-state index in [4.69, 9.17) is 0 Å². The van der Waals surface area contributed by atoms with Gasteiger partial charge in [0.1, 0.15) is 0 Å². The highest BCUT2D eigenvalue weighted by Crippen LogP contribution is 2.39. The lowest BCUT2D eigenvalue weighted by molar-refractivity contribution is 0.280. The molecule has 1 N–H and O–H groups in total. The van der Waals surface area contributed by atoms with Gasteiger partial charge in [0.25, 0.3) is 0 Å². The molecule has 0 radical (unpaired) electrons. The molecule has 0 bridgehead atoms. The molecule has 100 valence electrons. The Morgan fingerprint density at radius 3 is 2.67 bits per heavy atom. The number of nitrogens with one attached hydrogen (secondary N) is 1.